The van der Waals surface area contributed by atoms with Crippen molar-refractivity contribution >= 4 is 18.1 Å². The van der Waals surface area contributed by atoms with Gasteiger partial charge in [-0.05, 0) is 31.6 Å². The lowest BCUT2D eigenvalue weighted by Gasteiger charge is -2.25. The average Bonchev–Trinajstić information content (AvgIpc) is 2.72. The van der Waals surface area contributed by atoms with Crippen LogP contribution in [0.15, 0.2) is 36.5 Å². The van der Waals surface area contributed by atoms with E-state index in [9.17, 15) is 4.79 Å². The Kier molecular flexibility index (Phi) is 3.09. The minimum Gasteiger partial charge on any atom is -0.368 e. The first kappa shape index (κ1) is 12.6. The SMILES string of the molecule is CC(C)(C(N)=O)n1c(-c2ccccc2)c[nH]c1=S. The maximum atomic E-state index is 11.6. The van der Waals surface area contributed by atoms with Gasteiger partial charge in [-0.2, -0.15) is 0 Å². The van der Waals surface area contributed by atoms with Crippen molar-refractivity contribution in [3.63, 3.8) is 0 Å². The van der Waals surface area contributed by atoms with Crippen LogP contribution in [0.3, 0.4) is 0 Å². The summed E-state index contributed by atoms with van der Waals surface area (Å²) >= 11 is 5.24. The fourth-order valence-corrected chi connectivity index (χ4v) is 2.24. The highest BCUT2D eigenvalue weighted by Gasteiger charge is 2.30. The van der Waals surface area contributed by atoms with Gasteiger partial charge in [0.2, 0.25) is 5.91 Å². The highest BCUT2D eigenvalue weighted by atomic mass is 32.1. The first-order valence-corrected chi connectivity index (χ1v) is 6.01. The van der Waals surface area contributed by atoms with Gasteiger partial charge in [-0.15, -0.1) is 0 Å². The minimum absolute atomic E-state index is 0.421. The number of amides is 1. The molecule has 0 unspecified atom stereocenters. The van der Waals surface area contributed by atoms with Crippen LogP contribution < -0.4 is 5.73 Å². The molecule has 2 aromatic rings. The van der Waals surface area contributed by atoms with Crippen LogP contribution in [0.2, 0.25) is 0 Å². The number of carbonyl (C=O) groups is 1. The van der Waals surface area contributed by atoms with Crippen molar-refractivity contribution in [2.75, 3.05) is 0 Å². The molecule has 0 aliphatic carbocycles. The molecule has 0 radical (unpaired) electrons. The van der Waals surface area contributed by atoms with Crippen LogP contribution >= 0.6 is 12.2 Å². The molecule has 1 heterocycles. The predicted molar refractivity (Wildman–Crippen MR) is 73.6 cm³/mol. The topological polar surface area (TPSA) is 63.8 Å². The molecule has 0 fully saturated rings. The number of rotatable bonds is 3. The van der Waals surface area contributed by atoms with Gasteiger partial charge in [-0.3, -0.25) is 4.79 Å². The normalized spacial score (nSPS) is 11.4. The summed E-state index contributed by atoms with van der Waals surface area (Å²) in [5.41, 5.74) is 6.42. The van der Waals surface area contributed by atoms with E-state index < -0.39 is 11.4 Å². The van der Waals surface area contributed by atoms with Gasteiger partial charge in [0.05, 0.1) is 5.69 Å². The van der Waals surface area contributed by atoms with Crippen LogP contribution in [-0.4, -0.2) is 15.5 Å². The molecule has 94 valence electrons. The summed E-state index contributed by atoms with van der Waals surface area (Å²) in [7, 11) is 0. The molecule has 1 aromatic carbocycles. The number of benzene rings is 1. The lowest BCUT2D eigenvalue weighted by atomic mass is 10.0. The van der Waals surface area contributed by atoms with E-state index >= 15 is 0 Å². The first-order valence-electron chi connectivity index (χ1n) is 5.61. The summed E-state index contributed by atoms with van der Waals surface area (Å²) in [5, 5.41) is 0. The molecule has 0 aliphatic heterocycles. The number of primary amides is 1. The Morgan fingerprint density at radius 1 is 1.33 bits per heavy atom. The third kappa shape index (κ3) is 1.97. The van der Waals surface area contributed by atoms with E-state index in [2.05, 4.69) is 4.98 Å². The second kappa shape index (κ2) is 4.42. The third-order valence-electron chi connectivity index (χ3n) is 3.01. The average molecular weight is 261 g/mol. The highest BCUT2D eigenvalue weighted by Crippen LogP contribution is 2.26. The Balaban J connectivity index is 2.67. The summed E-state index contributed by atoms with van der Waals surface area (Å²) in [4.78, 5) is 14.6. The summed E-state index contributed by atoms with van der Waals surface area (Å²) in [6.07, 6.45) is 1.79. The van der Waals surface area contributed by atoms with E-state index in [0.29, 0.717) is 4.77 Å². The molecular formula is C13H15N3OS. The van der Waals surface area contributed by atoms with E-state index in [1.54, 1.807) is 24.6 Å². The van der Waals surface area contributed by atoms with Crippen molar-refractivity contribution in [3.05, 3.63) is 41.3 Å². The number of aromatic amines is 1. The Labute approximate surface area is 110 Å². The fourth-order valence-electron chi connectivity index (χ4n) is 1.86. The molecule has 1 amide bonds. The minimum atomic E-state index is -0.873. The standard InChI is InChI=1S/C13H15N3OS/c1-13(2,11(14)17)16-10(8-15-12(16)18)9-6-4-3-5-7-9/h3-8H,1-2H3,(H2,14,17)(H,15,18). The Bertz CT molecular complexity index is 625. The summed E-state index contributed by atoms with van der Waals surface area (Å²) in [5.74, 6) is -0.421. The first-order chi connectivity index (χ1) is 8.44. The maximum Gasteiger partial charge on any atom is 0.243 e. The molecule has 5 heteroatoms. The van der Waals surface area contributed by atoms with Crippen molar-refractivity contribution in [3.8, 4) is 11.3 Å². The van der Waals surface area contributed by atoms with Crippen LogP contribution in [0.4, 0.5) is 0 Å². The van der Waals surface area contributed by atoms with Crippen molar-refractivity contribution in [1.29, 1.82) is 0 Å². The zero-order valence-corrected chi connectivity index (χ0v) is 11.1. The largest absolute Gasteiger partial charge is 0.368 e. The van der Waals surface area contributed by atoms with Gasteiger partial charge in [0.1, 0.15) is 5.54 Å². The van der Waals surface area contributed by atoms with Gasteiger partial charge in [-0.1, -0.05) is 30.3 Å². The third-order valence-corrected chi connectivity index (χ3v) is 3.31. The van der Waals surface area contributed by atoms with E-state index in [0.717, 1.165) is 11.3 Å². The second-order valence-electron chi connectivity index (χ2n) is 4.60. The summed E-state index contributed by atoms with van der Waals surface area (Å²) < 4.78 is 2.23. The molecule has 0 aliphatic rings. The van der Waals surface area contributed by atoms with E-state index in [1.165, 1.54) is 0 Å². The molecular weight excluding hydrogens is 246 g/mol. The number of H-pyrrole nitrogens is 1. The van der Waals surface area contributed by atoms with Crippen LogP contribution in [0.1, 0.15) is 13.8 Å². The smallest absolute Gasteiger partial charge is 0.243 e. The van der Waals surface area contributed by atoms with E-state index in [-0.39, 0.29) is 0 Å². The fraction of sp³-hybridized carbons (Fsp3) is 0.231. The highest BCUT2D eigenvalue weighted by molar-refractivity contribution is 7.71. The quantitative estimate of drug-likeness (QED) is 0.833. The van der Waals surface area contributed by atoms with Crippen LogP contribution in [0, 0.1) is 4.77 Å². The molecule has 0 bridgehead atoms. The van der Waals surface area contributed by atoms with Gasteiger partial charge >= 0.3 is 0 Å². The number of aromatic nitrogens is 2. The molecule has 2 rings (SSSR count). The van der Waals surface area contributed by atoms with Gasteiger partial charge in [0.15, 0.2) is 4.77 Å². The monoisotopic (exact) mass is 261 g/mol. The van der Waals surface area contributed by atoms with Crippen molar-refractivity contribution in [1.82, 2.24) is 9.55 Å². The molecule has 3 N–H and O–H groups in total. The van der Waals surface area contributed by atoms with Crippen LogP contribution in [0.5, 0.6) is 0 Å². The zero-order valence-electron chi connectivity index (χ0n) is 10.3. The number of carbonyl (C=O) groups excluding carboxylic acids is 1. The lowest BCUT2D eigenvalue weighted by Crippen LogP contribution is -2.41. The van der Waals surface area contributed by atoms with Gasteiger partial charge in [0, 0.05) is 6.20 Å². The van der Waals surface area contributed by atoms with Crippen molar-refractivity contribution in [2.24, 2.45) is 5.73 Å². The summed E-state index contributed by atoms with van der Waals surface area (Å²) in [6.45, 7) is 3.51. The van der Waals surface area contributed by atoms with Crippen LogP contribution in [0.25, 0.3) is 11.3 Å². The predicted octanol–water partition coefficient (Wildman–Crippen LogP) is 2.43. The van der Waals surface area contributed by atoms with Gasteiger partial charge in [-0.25, -0.2) is 0 Å². The number of nitrogens with two attached hydrogens (primary N) is 1. The second-order valence-corrected chi connectivity index (χ2v) is 4.99. The maximum absolute atomic E-state index is 11.6. The Morgan fingerprint density at radius 2 is 1.94 bits per heavy atom. The summed E-state index contributed by atoms with van der Waals surface area (Å²) in [6, 6.07) is 9.74. The molecule has 1 aromatic heterocycles. The molecule has 4 nitrogen and oxygen atoms in total. The van der Waals surface area contributed by atoms with Crippen molar-refractivity contribution in [2.45, 2.75) is 19.4 Å². The molecule has 0 spiro atoms. The van der Waals surface area contributed by atoms with E-state index in [4.69, 9.17) is 18.0 Å². The number of nitrogens with zero attached hydrogens (tertiary/aromatic N) is 1. The lowest BCUT2D eigenvalue weighted by molar-refractivity contribution is -0.125. The van der Waals surface area contributed by atoms with E-state index in [1.807, 2.05) is 30.3 Å². The Morgan fingerprint density at radius 3 is 2.50 bits per heavy atom. The molecule has 0 atom stereocenters. The Hall–Kier alpha value is -1.88. The molecule has 0 saturated heterocycles. The van der Waals surface area contributed by atoms with Crippen molar-refractivity contribution < 1.29 is 4.79 Å². The number of nitrogens with one attached hydrogen (secondary N) is 1. The molecule has 18 heavy (non-hydrogen) atoms. The molecule has 0 saturated carbocycles. The van der Waals surface area contributed by atoms with Crippen LogP contribution in [-0.2, 0) is 10.3 Å². The number of hydrogen-bond acceptors (Lipinski definition) is 2. The zero-order chi connectivity index (χ0) is 13.3. The van der Waals surface area contributed by atoms with Gasteiger partial charge < -0.3 is 15.3 Å². The number of hydrogen-bond donors (Lipinski definition) is 2. The number of imidazole rings is 1. The van der Waals surface area contributed by atoms with Gasteiger partial charge in [0.25, 0.3) is 0 Å².